The van der Waals surface area contributed by atoms with Crippen LogP contribution in [0, 0.1) is 0 Å². The average Bonchev–Trinajstić information content (AvgIpc) is 2.77. The Bertz CT molecular complexity index is 636. The first kappa shape index (κ1) is 12.6. The van der Waals surface area contributed by atoms with E-state index in [1.807, 2.05) is 36.4 Å². The van der Waals surface area contributed by atoms with Gasteiger partial charge in [0, 0.05) is 10.0 Å². The van der Waals surface area contributed by atoms with E-state index in [4.69, 9.17) is 0 Å². The first-order chi connectivity index (χ1) is 9.11. The van der Waals surface area contributed by atoms with E-state index in [9.17, 15) is 9.90 Å². The summed E-state index contributed by atoms with van der Waals surface area (Å²) in [6.07, 6.45) is 1.18. The summed E-state index contributed by atoms with van der Waals surface area (Å²) in [6.45, 7) is 0. The molecule has 3 rings (SSSR count). The van der Waals surface area contributed by atoms with Gasteiger partial charge in [-0.05, 0) is 36.1 Å². The number of Topliss-reactive ketones (excluding diaryl/α,β-unsaturated/α-hetero) is 1. The zero-order valence-electron chi connectivity index (χ0n) is 10.3. The lowest BCUT2D eigenvalue weighted by atomic mass is 9.87. The molecule has 1 unspecified atom stereocenters. The quantitative estimate of drug-likeness (QED) is 0.861. The van der Waals surface area contributed by atoms with Crippen molar-refractivity contribution in [3.8, 4) is 0 Å². The molecular formula is C16H13BrO2. The number of carbonyl (C=O) groups excluding carboxylic acids is 1. The van der Waals surface area contributed by atoms with Crippen molar-refractivity contribution in [2.45, 2.75) is 18.4 Å². The van der Waals surface area contributed by atoms with Gasteiger partial charge >= 0.3 is 0 Å². The standard InChI is InChI=1S/C16H13BrO2/c17-13-7-6-11-8-9-16(19,14(11)10-13)15(18)12-4-2-1-3-5-12/h1-7,10,19H,8-9H2. The number of aryl methyl sites for hydroxylation is 1. The molecule has 2 aromatic carbocycles. The molecule has 1 aliphatic rings. The summed E-state index contributed by atoms with van der Waals surface area (Å²) in [7, 11) is 0. The van der Waals surface area contributed by atoms with Gasteiger partial charge in [-0.3, -0.25) is 4.79 Å². The highest BCUT2D eigenvalue weighted by molar-refractivity contribution is 9.10. The molecule has 0 bridgehead atoms. The lowest BCUT2D eigenvalue weighted by Crippen LogP contribution is -2.33. The van der Waals surface area contributed by atoms with Gasteiger partial charge < -0.3 is 5.11 Å². The molecule has 3 heteroatoms. The van der Waals surface area contributed by atoms with Crippen LogP contribution >= 0.6 is 15.9 Å². The van der Waals surface area contributed by atoms with E-state index in [0.29, 0.717) is 12.0 Å². The maximum absolute atomic E-state index is 12.6. The van der Waals surface area contributed by atoms with E-state index in [2.05, 4.69) is 15.9 Å². The lowest BCUT2D eigenvalue weighted by Gasteiger charge is -2.22. The zero-order valence-corrected chi connectivity index (χ0v) is 11.9. The molecule has 0 spiro atoms. The van der Waals surface area contributed by atoms with E-state index >= 15 is 0 Å². The highest BCUT2D eigenvalue weighted by Gasteiger charge is 2.43. The molecule has 19 heavy (non-hydrogen) atoms. The van der Waals surface area contributed by atoms with Gasteiger partial charge in [-0.1, -0.05) is 52.3 Å². The molecule has 96 valence electrons. The number of carbonyl (C=O) groups is 1. The highest BCUT2D eigenvalue weighted by Crippen LogP contribution is 2.40. The molecule has 0 radical (unpaired) electrons. The van der Waals surface area contributed by atoms with Crippen molar-refractivity contribution in [2.75, 3.05) is 0 Å². The summed E-state index contributed by atoms with van der Waals surface area (Å²) in [5.74, 6) is -0.218. The second-order valence-corrected chi connectivity index (χ2v) is 5.77. The highest BCUT2D eigenvalue weighted by atomic mass is 79.9. The Morgan fingerprint density at radius 1 is 1.16 bits per heavy atom. The fraction of sp³-hybridized carbons (Fsp3) is 0.188. The van der Waals surface area contributed by atoms with Crippen LogP contribution in [0.1, 0.15) is 27.9 Å². The maximum Gasteiger partial charge on any atom is 0.198 e. The van der Waals surface area contributed by atoms with Crippen LogP contribution in [0.25, 0.3) is 0 Å². The minimum Gasteiger partial charge on any atom is -0.377 e. The van der Waals surface area contributed by atoms with E-state index in [0.717, 1.165) is 22.0 Å². The maximum atomic E-state index is 12.6. The Morgan fingerprint density at radius 2 is 1.89 bits per heavy atom. The van der Waals surface area contributed by atoms with Crippen LogP contribution in [0.3, 0.4) is 0 Å². The predicted molar refractivity (Wildman–Crippen MR) is 77.1 cm³/mol. The van der Waals surface area contributed by atoms with E-state index in [1.54, 1.807) is 12.1 Å². The summed E-state index contributed by atoms with van der Waals surface area (Å²) in [4.78, 5) is 12.6. The summed E-state index contributed by atoms with van der Waals surface area (Å²) in [5.41, 5.74) is 0.948. The molecule has 0 saturated heterocycles. The minimum atomic E-state index is -1.39. The predicted octanol–water partition coefficient (Wildman–Crippen LogP) is 3.47. The average molecular weight is 317 g/mol. The topological polar surface area (TPSA) is 37.3 Å². The molecule has 1 atom stereocenters. The van der Waals surface area contributed by atoms with Crippen molar-refractivity contribution in [1.29, 1.82) is 0 Å². The molecule has 1 aliphatic carbocycles. The van der Waals surface area contributed by atoms with Gasteiger partial charge in [-0.2, -0.15) is 0 Å². The zero-order chi connectivity index (χ0) is 13.5. The molecule has 0 heterocycles. The van der Waals surface area contributed by atoms with Gasteiger partial charge in [0.15, 0.2) is 11.4 Å². The van der Waals surface area contributed by atoms with Gasteiger partial charge in [-0.25, -0.2) is 0 Å². The van der Waals surface area contributed by atoms with Crippen LogP contribution < -0.4 is 0 Å². The lowest BCUT2D eigenvalue weighted by molar-refractivity contribution is 0.0308. The Balaban J connectivity index is 2.07. The Kier molecular flexibility index (Phi) is 3.03. The smallest absolute Gasteiger partial charge is 0.198 e. The second kappa shape index (κ2) is 4.58. The van der Waals surface area contributed by atoms with Crippen LogP contribution in [0.2, 0.25) is 0 Å². The number of hydrogen-bond acceptors (Lipinski definition) is 2. The first-order valence-electron chi connectivity index (χ1n) is 6.22. The Morgan fingerprint density at radius 3 is 2.63 bits per heavy atom. The summed E-state index contributed by atoms with van der Waals surface area (Å²) >= 11 is 3.40. The first-order valence-corrected chi connectivity index (χ1v) is 7.02. The Labute approximate surface area is 120 Å². The van der Waals surface area contributed by atoms with Crippen LogP contribution in [0.4, 0.5) is 0 Å². The number of aliphatic hydroxyl groups is 1. The van der Waals surface area contributed by atoms with Gasteiger partial charge in [0.05, 0.1) is 0 Å². The minimum absolute atomic E-state index is 0.218. The third kappa shape index (κ3) is 2.03. The molecule has 0 aromatic heterocycles. The fourth-order valence-electron chi connectivity index (χ4n) is 2.67. The van der Waals surface area contributed by atoms with E-state index < -0.39 is 5.60 Å². The largest absolute Gasteiger partial charge is 0.377 e. The molecule has 2 aromatic rings. The summed E-state index contributed by atoms with van der Waals surface area (Å²) in [5, 5.41) is 10.8. The number of halogens is 1. The fourth-order valence-corrected chi connectivity index (χ4v) is 3.03. The monoisotopic (exact) mass is 316 g/mol. The van der Waals surface area contributed by atoms with Crippen molar-refractivity contribution in [3.63, 3.8) is 0 Å². The number of hydrogen-bond donors (Lipinski definition) is 1. The number of rotatable bonds is 2. The van der Waals surface area contributed by atoms with Crippen molar-refractivity contribution in [1.82, 2.24) is 0 Å². The van der Waals surface area contributed by atoms with Crippen LogP contribution in [0.5, 0.6) is 0 Å². The number of ketones is 1. The molecule has 0 fully saturated rings. The van der Waals surface area contributed by atoms with Gasteiger partial charge in [0.25, 0.3) is 0 Å². The van der Waals surface area contributed by atoms with Crippen molar-refractivity contribution in [2.24, 2.45) is 0 Å². The van der Waals surface area contributed by atoms with E-state index in [1.165, 1.54) is 0 Å². The third-order valence-corrected chi connectivity index (χ3v) is 4.18. The van der Waals surface area contributed by atoms with Gasteiger partial charge in [0.2, 0.25) is 0 Å². The summed E-state index contributed by atoms with van der Waals surface area (Å²) < 4.78 is 0.882. The molecule has 2 nitrogen and oxygen atoms in total. The molecule has 0 amide bonds. The third-order valence-electron chi connectivity index (χ3n) is 3.69. The van der Waals surface area contributed by atoms with Crippen LogP contribution in [0.15, 0.2) is 53.0 Å². The van der Waals surface area contributed by atoms with Crippen LogP contribution in [-0.2, 0) is 12.0 Å². The van der Waals surface area contributed by atoms with Gasteiger partial charge in [0.1, 0.15) is 0 Å². The van der Waals surface area contributed by atoms with Crippen molar-refractivity contribution in [3.05, 3.63) is 69.7 Å². The van der Waals surface area contributed by atoms with E-state index in [-0.39, 0.29) is 5.78 Å². The number of fused-ring (bicyclic) bond motifs is 1. The Hall–Kier alpha value is -1.45. The number of benzene rings is 2. The molecular weight excluding hydrogens is 304 g/mol. The van der Waals surface area contributed by atoms with Crippen molar-refractivity contribution < 1.29 is 9.90 Å². The summed E-state index contributed by atoms with van der Waals surface area (Å²) in [6, 6.07) is 14.7. The van der Waals surface area contributed by atoms with Gasteiger partial charge in [-0.15, -0.1) is 0 Å². The molecule has 0 saturated carbocycles. The SMILES string of the molecule is O=C(c1ccccc1)C1(O)CCc2ccc(Br)cc21. The molecule has 1 N–H and O–H groups in total. The van der Waals surface area contributed by atoms with Crippen LogP contribution in [-0.4, -0.2) is 10.9 Å². The normalized spacial score (nSPS) is 21.2. The second-order valence-electron chi connectivity index (χ2n) is 4.86. The molecule has 0 aliphatic heterocycles. The van der Waals surface area contributed by atoms with Crippen molar-refractivity contribution >= 4 is 21.7 Å².